The monoisotopic (exact) mass is 372 g/mol. The van der Waals surface area contributed by atoms with E-state index in [4.69, 9.17) is 0 Å². The zero-order valence-electron chi connectivity index (χ0n) is 15.1. The number of nitrogens with zero attached hydrogens (tertiary/aromatic N) is 1. The van der Waals surface area contributed by atoms with Gasteiger partial charge in [0.15, 0.2) is 0 Å². The molecule has 3 rings (SSSR count). The molecule has 6 heteroatoms. The van der Waals surface area contributed by atoms with Gasteiger partial charge in [0, 0.05) is 12.5 Å². The summed E-state index contributed by atoms with van der Waals surface area (Å²) < 4.78 is 25.5. The van der Waals surface area contributed by atoms with Crippen molar-refractivity contribution in [1.29, 1.82) is 0 Å². The number of carbonyl (C=O) groups excluding carboxylic acids is 1. The van der Waals surface area contributed by atoms with Crippen LogP contribution in [-0.4, -0.2) is 27.1 Å². The molecule has 5 nitrogen and oxygen atoms in total. The second-order valence-corrected chi connectivity index (χ2v) is 8.74. The first-order chi connectivity index (χ1) is 12.4. The molecule has 0 spiro atoms. The van der Waals surface area contributed by atoms with Gasteiger partial charge in [-0.15, -0.1) is 0 Å². The predicted molar refractivity (Wildman–Crippen MR) is 103 cm³/mol. The number of hydrogen-bond acceptors (Lipinski definition) is 3. The maximum absolute atomic E-state index is 12.7. The molecule has 2 aromatic carbocycles. The van der Waals surface area contributed by atoms with Crippen molar-refractivity contribution in [2.24, 2.45) is 5.92 Å². The van der Waals surface area contributed by atoms with Gasteiger partial charge >= 0.3 is 0 Å². The largest absolute Gasteiger partial charge is 0.349 e. The van der Waals surface area contributed by atoms with Crippen LogP contribution in [0.2, 0.25) is 0 Å². The van der Waals surface area contributed by atoms with Gasteiger partial charge in [0.1, 0.15) is 0 Å². The van der Waals surface area contributed by atoms with Crippen LogP contribution in [0.3, 0.4) is 0 Å². The van der Waals surface area contributed by atoms with Gasteiger partial charge in [-0.1, -0.05) is 55.5 Å². The van der Waals surface area contributed by atoms with Crippen LogP contribution in [0.1, 0.15) is 30.5 Å². The molecule has 0 aromatic heterocycles. The fourth-order valence-corrected chi connectivity index (χ4v) is 4.36. The maximum atomic E-state index is 12.7. The number of para-hydroxylation sites is 1. The highest BCUT2D eigenvalue weighted by molar-refractivity contribution is 7.92. The molecule has 0 radical (unpaired) electrons. The van der Waals surface area contributed by atoms with E-state index in [1.165, 1.54) is 10.6 Å². The Morgan fingerprint density at radius 3 is 2.50 bits per heavy atom. The summed E-state index contributed by atoms with van der Waals surface area (Å²) in [6.45, 7) is 2.29. The van der Waals surface area contributed by atoms with Gasteiger partial charge in [0.2, 0.25) is 15.9 Å². The number of carbonyl (C=O) groups is 1. The van der Waals surface area contributed by atoms with Gasteiger partial charge in [0.05, 0.1) is 18.0 Å². The molecular weight excluding hydrogens is 348 g/mol. The van der Waals surface area contributed by atoms with E-state index < -0.39 is 10.0 Å². The van der Waals surface area contributed by atoms with Crippen LogP contribution >= 0.6 is 0 Å². The molecule has 1 amide bonds. The minimum Gasteiger partial charge on any atom is -0.349 e. The van der Waals surface area contributed by atoms with Gasteiger partial charge in [-0.3, -0.25) is 9.10 Å². The van der Waals surface area contributed by atoms with Crippen LogP contribution in [0.15, 0.2) is 54.6 Å². The summed E-state index contributed by atoms with van der Waals surface area (Å²) in [5, 5.41) is 3.11. The smallest absolute Gasteiger partial charge is 0.232 e. The first kappa shape index (κ1) is 18.5. The summed E-state index contributed by atoms with van der Waals surface area (Å²) in [5.74, 6) is -0.168. The third-order valence-electron chi connectivity index (χ3n) is 4.75. The highest BCUT2D eigenvalue weighted by atomic mass is 32.2. The van der Waals surface area contributed by atoms with Crippen molar-refractivity contribution >= 4 is 21.6 Å². The number of hydrogen-bond donors (Lipinski definition) is 1. The molecule has 0 saturated heterocycles. The minimum atomic E-state index is -3.33. The first-order valence-corrected chi connectivity index (χ1v) is 10.6. The van der Waals surface area contributed by atoms with Crippen molar-refractivity contribution in [2.75, 3.05) is 17.1 Å². The van der Waals surface area contributed by atoms with E-state index in [9.17, 15) is 13.2 Å². The number of anilines is 1. The quantitative estimate of drug-likeness (QED) is 0.878. The lowest BCUT2D eigenvalue weighted by Crippen LogP contribution is -2.42. The highest BCUT2D eigenvalue weighted by Gasteiger charge is 2.31. The molecule has 138 valence electrons. The van der Waals surface area contributed by atoms with E-state index in [1.54, 1.807) is 6.07 Å². The fourth-order valence-electron chi connectivity index (χ4n) is 3.40. The number of rotatable bonds is 5. The zero-order chi connectivity index (χ0) is 18.7. The van der Waals surface area contributed by atoms with Gasteiger partial charge in [0.25, 0.3) is 0 Å². The van der Waals surface area contributed by atoms with Crippen LogP contribution in [0, 0.1) is 5.92 Å². The lowest BCUT2D eigenvalue weighted by Gasteiger charge is -2.34. The Kier molecular flexibility index (Phi) is 5.32. The zero-order valence-corrected chi connectivity index (χ0v) is 15.9. The second-order valence-electron chi connectivity index (χ2n) is 6.83. The number of nitrogens with one attached hydrogen (secondary N) is 1. The standard InChI is InChI=1S/C20H24N2O3S/c1-15(14-16-8-4-3-5-9-16)20(23)21-18-12-13-22(26(2,24)25)19-11-7-6-10-17(18)19/h3-11,15,18H,12-14H2,1-2H3,(H,21,23). The molecule has 1 aliphatic rings. The van der Waals surface area contributed by atoms with Crippen molar-refractivity contribution in [3.63, 3.8) is 0 Å². The maximum Gasteiger partial charge on any atom is 0.232 e. The van der Waals surface area contributed by atoms with Gasteiger partial charge < -0.3 is 5.32 Å². The van der Waals surface area contributed by atoms with Crippen molar-refractivity contribution in [3.05, 3.63) is 65.7 Å². The molecule has 0 bridgehead atoms. The molecule has 0 fully saturated rings. The molecule has 1 N–H and O–H groups in total. The second kappa shape index (κ2) is 7.50. The van der Waals surface area contributed by atoms with Crippen LogP contribution in [0.25, 0.3) is 0 Å². The predicted octanol–water partition coefficient (Wildman–Crippen LogP) is 2.89. The van der Waals surface area contributed by atoms with Crippen molar-refractivity contribution in [3.8, 4) is 0 Å². The number of sulfonamides is 1. The number of fused-ring (bicyclic) bond motifs is 1. The van der Waals surface area contributed by atoms with Crippen LogP contribution in [-0.2, 0) is 21.2 Å². The van der Waals surface area contributed by atoms with E-state index in [2.05, 4.69) is 5.32 Å². The normalized spacial score (nSPS) is 18.1. The van der Waals surface area contributed by atoms with Gasteiger partial charge in [-0.25, -0.2) is 8.42 Å². The average molecular weight is 372 g/mol. The van der Waals surface area contributed by atoms with Crippen molar-refractivity contribution in [1.82, 2.24) is 5.32 Å². The SMILES string of the molecule is CC(Cc1ccccc1)C(=O)NC1CCN(S(C)(=O)=O)c2ccccc21. The van der Waals surface area contributed by atoms with Crippen LogP contribution < -0.4 is 9.62 Å². The summed E-state index contributed by atoms with van der Waals surface area (Å²) >= 11 is 0. The molecule has 0 aliphatic carbocycles. The summed E-state index contributed by atoms with van der Waals surface area (Å²) in [4.78, 5) is 12.7. The number of benzene rings is 2. The van der Waals surface area contributed by atoms with Crippen molar-refractivity contribution < 1.29 is 13.2 Å². The summed E-state index contributed by atoms with van der Waals surface area (Å²) in [5.41, 5.74) is 2.63. The summed E-state index contributed by atoms with van der Waals surface area (Å²) in [6, 6.07) is 17.1. The van der Waals surface area contributed by atoms with Crippen LogP contribution in [0.5, 0.6) is 0 Å². The van der Waals surface area contributed by atoms with Gasteiger partial charge in [-0.2, -0.15) is 0 Å². The Morgan fingerprint density at radius 1 is 1.15 bits per heavy atom. The Labute approximate surface area is 155 Å². The third kappa shape index (κ3) is 4.07. The lowest BCUT2D eigenvalue weighted by atomic mass is 9.95. The molecule has 26 heavy (non-hydrogen) atoms. The molecule has 2 atom stereocenters. The Balaban J connectivity index is 1.74. The topological polar surface area (TPSA) is 66.5 Å². The molecular formula is C20H24N2O3S. The van der Waals surface area contributed by atoms with Crippen molar-refractivity contribution in [2.45, 2.75) is 25.8 Å². The fraction of sp³-hybridized carbons (Fsp3) is 0.350. The summed E-state index contributed by atoms with van der Waals surface area (Å²) in [6.07, 6.45) is 2.45. The minimum absolute atomic E-state index is 0.0125. The first-order valence-electron chi connectivity index (χ1n) is 8.77. The average Bonchev–Trinajstić information content (AvgIpc) is 2.61. The van der Waals surface area contributed by atoms with E-state index in [0.29, 0.717) is 25.1 Å². The molecule has 2 unspecified atom stereocenters. The Hall–Kier alpha value is -2.34. The highest BCUT2D eigenvalue weighted by Crippen LogP contribution is 2.35. The number of amides is 1. The lowest BCUT2D eigenvalue weighted by molar-refractivity contribution is -0.125. The summed E-state index contributed by atoms with van der Waals surface area (Å²) in [7, 11) is -3.33. The molecule has 0 saturated carbocycles. The molecule has 2 aromatic rings. The van der Waals surface area contributed by atoms with E-state index >= 15 is 0 Å². The van der Waals surface area contributed by atoms with Crippen LogP contribution in [0.4, 0.5) is 5.69 Å². The van der Waals surface area contributed by atoms with E-state index in [1.807, 2.05) is 55.5 Å². The third-order valence-corrected chi connectivity index (χ3v) is 5.93. The van der Waals surface area contributed by atoms with Gasteiger partial charge in [-0.05, 0) is 30.0 Å². The Bertz CT molecular complexity index is 881. The van der Waals surface area contributed by atoms with E-state index in [0.717, 1.165) is 11.1 Å². The molecule has 1 aliphatic heterocycles. The Morgan fingerprint density at radius 2 is 1.81 bits per heavy atom. The van der Waals surface area contributed by atoms with E-state index in [-0.39, 0.29) is 17.9 Å². The molecule has 1 heterocycles.